The average molecular weight is 356 g/mol. The second-order valence-electron chi connectivity index (χ2n) is 7.22. The van der Waals surface area contributed by atoms with Crippen LogP contribution in [0.25, 0.3) is 0 Å². The molecule has 0 aliphatic carbocycles. The zero-order chi connectivity index (χ0) is 18.1. The number of carbonyl (C=O) groups is 1. The number of amides is 1. The second-order valence-corrected chi connectivity index (χ2v) is 7.22. The molecule has 2 aliphatic heterocycles. The van der Waals surface area contributed by atoms with E-state index in [9.17, 15) is 4.79 Å². The van der Waals surface area contributed by atoms with Crippen molar-refractivity contribution >= 4 is 11.6 Å². The number of hydrogen-bond acceptors (Lipinski definition) is 6. The molecule has 0 unspecified atom stereocenters. The number of likely N-dealkylation sites (tertiary alicyclic amines) is 1. The van der Waals surface area contributed by atoms with Crippen LogP contribution in [0.3, 0.4) is 0 Å². The van der Waals surface area contributed by atoms with Crippen LogP contribution in [0.4, 0.5) is 5.69 Å². The van der Waals surface area contributed by atoms with Crippen molar-refractivity contribution < 1.29 is 14.1 Å². The standard InChI is InChI=1S/C19H24N4O3/c1-12-16(13(2)26-22-12)10-23-7-5-14-8-17(25-18(14)11-23)19(24)21-15-4-3-6-20-9-15/h3-4,6,9,14,17-18H,5,7-8,10-11H2,1-2H3,(H,21,24)/t14-,17+,18+/m0/s1. The molecule has 7 heteroatoms. The summed E-state index contributed by atoms with van der Waals surface area (Å²) in [6.07, 6.45) is 4.88. The minimum atomic E-state index is -0.385. The summed E-state index contributed by atoms with van der Waals surface area (Å²) in [6, 6.07) is 3.63. The topological polar surface area (TPSA) is 80.5 Å². The van der Waals surface area contributed by atoms with Gasteiger partial charge in [0.1, 0.15) is 11.9 Å². The normalized spacial score (nSPS) is 25.8. The number of rotatable bonds is 4. The molecule has 7 nitrogen and oxygen atoms in total. The highest BCUT2D eigenvalue weighted by atomic mass is 16.5. The number of ether oxygens (including phenoxy) is 1. The van der Waals surface area contributed by atoms with E-state index < -0.39 is 0 Å². The molecule has 2 saturated heterocycles. The maximum atomic E-state index is 12.5. The predicted molar refractivity (Wildman–Crippen MR) is 95.5 cm³/mol. The second kappa shape index (κ2) is 7.17. The molecule has 1 amide bonds. The number of aromatic nitrogens is 2. The van der Waals surface area contributed by atoms with E-state index in [-0.39, 0.29) is 18.1 Å². The van der Waals surface area contributed by atoms with E-state index in [1.165, 1.54) is 0 Å². The highest BCUT2D eigenvalue weighted by Gasteiger charge is 2.42. The number of nitrogens with one attached hydrogen (secondary N) is 1. The molecule has 1 N–H and O–H groups in total. The van der Waals surface area contributed by atoms with E-state index in [4.69, 9.17) is 9.26 Å². The Kier molecular flexibility index (Phi) is 4.74. The van der Waals surface area contributed by atoms with Gasteiger partial charge in [0.25, 0.3) is 5.91 Å². The molecule has 0 spiro atoms. The lowest BCUT2D eigenvalue weighted by Gasteiger charge is -2.33. The molecule has 0 saturated carbocycles. The molecule has 4 rings (SSSR count). The summed E-state index contributed by atoms with van der Waals surface area (Å²) >= 11 is 0. The maximum absolute atomic E-state index is 12.5. The summed E-state index contributed by atoms with van der Waals surface area (Å²) in [5.41, 5.74) is 2.81. The molecule has 4 heterocycles. The van der Waals surface area contributed by atoms with Crippen molar-refractivity contribution in [2.45, 2.75) is 45.4 Å². The Morgan fingerprint density at radius 3 is 3.04 bits per heavy atom. The molecule has 3 atom stereocenters. The van der Waals surface area contributed by atoms with Crippen molar-refractivity contribution in [1.29, 1.82) is 0 Å². The molecule has 2 aromatic heterocycles. The van der Waals surface area contributed by atoms with E-state index in [0.29, 0.717) is 11.6 Å². The number of aryl methyl sites for hydroxylation is 2. The highest BCUT2D eigenvalue weighted by molar-refractivity contribution is 5.94. The predicted octanol–water partition coefficient (Wildman–Crippen LogP) is 2.30. The Morgan fingerprint density at radius 2 is 2.31 bits per heavy atom. The summed E-state index contributed by atoms with van der Waals surface area (Å²) in [6.45, 7) is 6.59. The number of pyridine rings is 1. The van der Waals surface area contributed by atoms with E-state index in [0.717, 1.165) is 49.5 Å². The van der Waals surface area contributed by atoms with E-state index in [1.54, 1.807) is 18.5 Å². The first-order chi connectivity index (χ1) is 12.6. The summed E-state index contributed by atoms with van der Waals surface area (Å²) < 4.78 is 11.4. The van der Waals surface area contributed by atoms with Crippen LogP contribution in [-0.4, -0.2) is 46.2 Å². The van der Waals surface area contributed by atoms with Gasteiger partial charge in [0, 0.05) is 24.8 Å². The first-order valence-corrected chi connectivity index (χ1v) is 9.10. The van der Waals surface area contributed by atoms with Gasteiger partial charge in [0.05, 0.1) is 23.7 Å². The minimum Gasteiger partial charge on any atom is -0.364 e. The molecular weight excluding hydrogens is 332 g/mol. The van der Waals surface area contributed by atoms with Gasteiger partial charge in [-0.15, -0.1) is 0 Å². The summed E-state index contributed by atoms with van der Waals surface area (Å²) in [4.78, 5) is 18.9. The third-order valence-electron chi connectivity index (χ3n) is 5.42. The summed E-state index contributed by atoms with van der Waals surface area (Å²) in [5.74, 6) is 1.25. The van der Waals surface area contributed by atoms with Crippen molar-refractivity contribution in [1.82, 2.24) is 15.0 Å². The van der Waals surface area contributed by atoms with Crippen molar-refractivity contribution in [2.75, 3.05) is 18.4 Å². The summed E-state index contributed by atoms with van der Waals surface area (Å²) in [5, 5.41) is 6.93. The maximum Gasteiger partial charge on any atom is 0.253 e. The average Bonchev–Trinajstić information content (AvgIpc) is 3.21. The van der Waals surface area contributed by atoms with Crippen molar-refractivity contribution in [3.8, 4) is 0 Å². The molecular formula is C19H24N4O3. The van der Waals surface area contributed by atoms with Crippen LogP contribution in [0.5, 0.6) is 0 Å². The number of nitrogens with zero attached hydrogens (tertiary/aromatic N) is 3. The van der Waals surface area contributed by atoms with Crippen LogP contribution in [0, 0.1) is 19.8 Å². The highest BCUT2D eigenvalue weighted by Crippen LogP contribution is 2.34. The third kappa shape index (κ3) is 3.50. The quantitative estimate of drug-likeness (QED) is 0.905. The molecule has 138 valence electrons. The molecule has 26 heavy (non-hydrogen) atoms. The van der Waals surface area contributed by atoms with Gasteiger partial charge in [-0.05, 0) is 51.3 Å². The van der Waals surface area contributed by atoms with Crippen LogP contribution >= 0.6 is 0 Å². The number of carbonyl (C=O) groups excluding carboxylic acids is 1. The van der Waals surface area contributed by atoms with E-state index in [2.05, 4.69) is 20.4 Å². The molecule has 2 aromatic rings. The first kappa shape index (κ1) is 17.2. The van der Waals surface area contributed by atoms with Gasteiger partial charge in [0.15, 0.2) is 0 Å². The molecule has 0 radical (unpaired) electrons. The fourth-order valence-corrected chi connectivity index (χ4v) is 3.92. The molecule has 0 aromatic carbocycles. The monoisotopic (exact) mass is 356 g/mol. The lowest BCUT2D eigenvalue weighted by Crippen LogP contribution is -2.42. The van der Waals surface area contributed by atoms with Crippen molar-refractivity contribution in [3.63, 3.8) is 0 Å². The Labute approximate surface area is 152 Å². The first-order valence-electron chi connectivity index (χ1n) is 9.10. The van der Waals surface area contributed by atoms with Gasteiger partial charge in [-0.25, -0.2) is 0 Å². The number of piperidine rings is 1. The van der Waals surface area contributed by atoms with Crippen LogP contribution in [0.15, 0.2) is 29.0 Å². The van der Waals surface area contributed by atoms with Gasteiger partial charge >= 0.3 is 0 Å². The fourth-order valence-electron chi connectivity index (χ4n) is 3.92. The van der Waals surface area contributed by atoms with Gasteiger partial charge in [-0.3, -0.25) is 14.7 Å². The Bertz CT molecular complexity index is 757. The third-order valence-corrected chi connectivity index (χ3v) is 5.42. The number of hydrogen-bond donors (Lipinski definition) is 1. The SMILES string of the molecule is Cc1noc(C)c1CN1CC[C@H]2C[C@H](C(=O)Nc3cccnc3)O[C@@H]2C1. The Morgan fingerprint density at radius 1 is 1.42 bits per heavy atom. The minimum absolute atomic E-state index is 0.0790. The van der Waals surface area contributed by atoms with Gasteiger partial charge in [-0.2, -0.15) is 0 Å². The van der Waals surface area contributed by atoms with Crippen LogP contribution in [0.2, 0.25) is 0 Å². The summed E-state index contributed by atoms with van der Waals surface area (Å²) in [7, 11) is 0. The smallest absolute Gasteiger partial charge is 0.253 e. The van der Waals surface area contributed by atoms with E-state index in [1.807, 2.05) is 19.9 Å². The molecule has 0 bridgehead atoms. The molecule has 2 aliphatic rings. The fraction of sp³-hybridized carbons (Fsp3) is 0.526. The number of fused-ring (bicyclic) bond motifs is 1. The zero-order valence-corrected chi connectivity index (χ0v) is 15.1. The van der Waals surface area contributed by atoms with Crippen molar-refractivity contribution in [3.05, 3.63) is 41.5 Å². The van der Waals surface area contributed by atoms with Crippen LogP contribution in [-0.2, 0) is 16.1 Å². The Hall–Kier alpha value is -2.25. The number of anilines is 1. The Balaban J connectivity index is 1.35. The van der Waals surface area contributed by atoms with Crippen molar-refractivity contribution in [2.24, 2.45) is 5.92 Å². The lowest BCUT2D eigenvalue weighted by atomic mass is 9.91. The van der Waals surface area contributed by atoms with E-state index >= 15 is 0 Å². The van der Waals surface area contributed by atoms with Gasteiger partial charge < -0.3 is 14.6 Å². The largest absolute Gasteiger partial charge is 0.364 e. The van der Waals surface area contributed by atoms with Gasteiger partial charge in [0.2, 0.25) is 0 Å². The van der Waals surface area contributed by atoms with Crippen LogP contribution in [0.1, 0.15) is 29.9 Å². The molecule has 2 fully saturated rings. The van der Waals surface area contributed by atoms with Crippen LogP contribution < -0.4 is 5.32 Å². The van der Waals surface area contributed by atoms with Gasteiger partial charge in [-0.1, -0.05) is 5.16 Å². The zero-order valence-electron chi connectivity index (χ0n) is 15.1. The lowest BCUT2D eigenvalue weighted by molar-refractivity contribution is -0.127.